The third-order valence-electron chi connectivity index (χ3n) is 4.45. The Bertz CT molecular complexity index is 793. The van der Waals surface area contributed by atoms with E-state index in [4.69, 9.17) is 9.26 Å². The molecule has 6 nitrogen and oxygen atoms in total. The molecule has 3 rings (SSSR count). The Balaban J connectivity index is 1.94. The van der Waals surface area contributed by atoms with E-state index in [1.807, 2.05) is 30.3 Å². The molecule has 2 atom stereocenters. The summed E-state index contributed by atoms with van der Waals surface area (Å²) in [4.78, 5) is 12.0. The van der Waals surface area contributed by atoms with Gasteiger partial charge in [0.1, 0.15) is 11.8 Å². The zero-order chi connectivity index (χ0) is 18.6. The summed E-state index contributed by atoms with van der Waals surface area (Å²) in [6, 6.07) is 15.2. The molecule has 0 aliphatic carbocycles. The number of hydrogen-bond acceptors (Lipinski definition) is 4. The molecule has 2 aromatic carbocycles. The lowest BCUT2D eigenvalue weighted by Gasteiger charge is -2.38. The van der Waals surface area contributed by atoms with Crippen LogP contribution in [-0.2, 0) is 20.3 Å². The van der Waals surface area contributed by atoms with Crippen LogP contribution in [0.25, 0.3) is 0 Å². The number of carbonyl (C=O) groups is 1. The number of nitrogens with zero attached hydrogens (tertiary/aromatic N) is 1. The molecule has 2 unspecified atom stereocenters. The van der Waals surface area contributed by atoms with Gasteiger partial charge in [-0.05, 0) is 42.7 Å². The summed E-state index contributed by atoms with van der Waals surface area (Å²) in [5.41, 5.74) is 0.881. The van der Waals surface area contributed by atoms with Gasteiger partial charge in [0.05, 0.1) is 19.0 Å². The SMILES string of the molecule is COc1ccc(P2(=O)OCCCN2C(Cc2ccccc2)C(=O)O)cc1. The molecule has 1 saturated heterocycles. The smallest absolute Gasteiger partial charge is 0.321 e. The third-order valence-corrected chi connectivity index (χ3v) is 7.09. The number of ether oxygens (including phenoxy) is 1. The van der Waals surface area contributed by atoms with Gasteiger partial charge in [0.2, 0.25) is 0 Å². The van der Waals surface area contributed by atoms with Gasteiger partial charge in [-0.1, -0.05) is 30.3 Å². The van der Waals surface area contributed by atoms with Crippen LogP contribution < -0.4 is 10.0 Å². The number of hydrogen-bond donors (Lipinski definition) is 1. The maximum absolute atomic E-state index is 13.7. The van der Waals surface area contributed by atoms with Gasteiger partial charge in [-0.2, -0.15) is 0 Å². The van der Waals surface area contributed by atoms with Crippen molar-refractivity contribution >= 4 is 18.8 Å². The van der Waals surface area contributed by atoms with Crippen molar-refractivity contribution in [1.29, 1.82) is 0 Å². The second-order valence-electron chi connectivity index (χ2n) is 6.11. The molecule has 0 amide bonds. The molecule has 0 bridgehead atoms. The van der Waals surface area contributed by atoms with Crippen LogP contribution in [0.4, 0.5) is 0 Å². The van der Waals surface area contributed by atoms with Gasteiger partial charge < -0.3 is 14.4 Å². The Hall–Kier alpha value is -2.14. The molecular weight excluding hydrogens is 353 g/mol. The number of aliphatic carboxylic acids is 1. The highest BCUT2D eigenvalue weighted by Gasteiger charge is 2.43. The summed E-state index contributed by atoms with van der Waals surface area (Å²) in [7, 11) is -1.90. The molecule has 1 aliphatic rings. The van der Waals surface area contributed by atoms with Crippen molar-refractivity contribution in [3.63, 3.8) is 0 Å². The van der Waals surface area contributed by atoms with Crippen LogP contribution in [0, 0.1) is 0 Å². The van der Waals surface area contributed by atoms with Crippen molar-refractivity contribution in [2.24, 2.45) is 0 Å². The van der Waals surface area contributed by atoms with Gasteiger partial charge in [-0.3, -0.25) is 9.36 Å². The minimum atomic E-state index is -3.46. The van der Waals surface area contributed by atoms with Gasteiger partial charge in [0.25, 0.3) is 0 Å². The first-order valence-electron chi connectivity index (χ1n) is 8.47. The fourth-order valence-corrected chi connectivity index (χ4v) is 5.56. The quantitative estimate of drug-likeness (QED) is 0.783. The molecule has 1 heterocycles. The van der Waals surface area contributed by atoms with E-state index in [-0.39, 0.29) is 6.42 Å². The predicted molar refractivity (Wildman–Crippen MR) is 99.1 cm³/mol. The highest BCUT2D eigenvalue weighted by molar-refractivity contribution is 7.64. The summed E-state index contributed by atoms with van der Waals surface area (Å²) in [6.07, 6.45) is 0.901. The molecular formula is C19H22NO5P. The number of carboxylic acids is 1. The Morgan fingerprint density at radius 1 is 1.23 bits per heavy atom. The van der Waals surface area contributed by atoms with Crippen LogP contribution >= 0.6 is 7.52 Å². The predicted octanol–water partition coefficient (Wildman–Crippen LogP) is 2.93. The maximum atomic E-state index is 13.7. The van der Waals surface area contributed by atoms with Gasteiger partial charge in [0.15, 0.2) is 0 Å². The summed E-state index contributed by atoms with van der Waals surface area (Å²) < 4.78 is 26.0. The third kappa shape index (κ3) is 3.83. The first kappa shape index (κ1) is 18.6. The summed E-state index contributed by atoms with van der Waals surface area (Å²) in [5, 5.41) is 10.3. The van der Waals surface area contributed by atoms with Crippen LogP contribution in [0.3, 0.4) is 0 Å². The Morgan fingerprint density at radius 3 is 2.54 bits per heavy atom. The maximum Gasteiger partial charge on any atom is 0.321 e. The monoisotopic (exact) mass is 375 g/mol. The molecule has 0 radical (unpaired) electrons. The molecule has 2 aromatic rings. The number of methoxy groups -OCH3 is 1. The van der Waals surface area contributed by atoms with E-state index in [0.717, 1.165) is 5.56 Å². The second-order valence-corrected chi connectivity index (χ2v) is 8.44. The van der Waals surface area contributed by atoms with Crippen LogP contribution in [0.5, 0.6) is 5.75 Å². The average Bonchev–Trinajstić information content (AvgIpc) is 2.67. The highest BCUT2D eigenvalue weighted by Crippen LogP contribution is 2.53. The van der Waals surface area contributed by atoms with E-state index in [1.165, 1.54) is 4.67 Å². The van der Waals surface area contributed by atoms with Gasteiger partial charge >= 0.3 is 13.5 Å². The number of rotatable bonds is 6. The Labute approximate surface area is 152 Å². The van der Waals surface area contributed by atoms with Crippen molar-refractivity contribution in [3.05, 3.63) is 60.2 Å². The number of carboxylic acid groups (broad SMARTS) is 1. The summed E-state index contributed by atoms with van der Waals surface area (Å²) in [5.74, 6) is -0.365. The fraction of sp³-hybridized carbons (Fsp3) is 0.316. The average molecular weight is 375 g/mol. The molecule has 1 fully saturated rings. The van der Waals surface area contributed by atoms with Crippen LogP contribution in [0.15, 0.2) is 54.6 Å². The summed E-state index contributed by atoms with van der Waals surface area (Å²) >= 11 is 0. The standard InChI is InChI=1S/C19H22NO5P/c1-24-16-8-10-17(11-9-16)26(23)20(12-5-13-25-26)18(19(21)22)14-15-6-3-2-4-7-15/h2-4,6-11,18H,5,12-14H2,1H3,(H,21,22). The molecule has 7 heteroatoms. The molecule has 1 aliphatic heterocycles. The molecule has 0 aromatic heterocycles. The van der Waals surface area contributed by atoms with Crippen molar-refractivity contribution < 1.29 is 23.7 Å². The minimum Gasteiger partial charge on any atom is -0.497 e. The first-order chi connectivity index (χ1) is 12.5. The lowest BCUT2D eigenvalue weighted by Crippen LogP contribution is -2.45. The van der Waals surface area contributed by atoms with Gasteiger partial charge in [0, 0.05) is 6.54 Å². The van der Waals surface area contributed by atoms with Crippen molar-refractivity contribution in [1.82, 2.24) is 4.67 Å². The number of benzene rings is 2. The Morgan fingerprint density at radius 2 is 1.92 bits per heavy atom. The van der Waals surface area contributed by atoms with Crippen molar-refractivity contribution in [2.45, 2.75) is 18.9 Å². The molecule has 138 valence electrons. The zero-order valence-corrected chi connectivity index (χ0v) is 15.5. The van der Waals surface area contributed by atoms with E-state index in [0.29, 0.717) is 30.6 Å². The van der Waals surface area contributed by atoms with Crippen LogP contribution in [0.2, 0.25) is 0 Å². The van der Waals surface area contributed by atoms with Crippen LogP contribution in [-0.4, -0.2) is 42.0 Å². The molecule has 0 spiro atoms. The fourth-order valence-electron chi connectivity index (χ4n) is 3.11. The topological polar surface area (TPSA) is 76.1 Å². The lowest BCUT2D eigenvalue weighted by molar-refractivity contribution is -0.141. The van der Waals surface area contributed by atoms with E-state index in [1.54, 1.807) is 31.4 Å². The highest BCUT2D eigenvalue weighted by atomic mass is 31.2. The first-order valence-corrected chi connectivity index (χ1v) is 10.1. The summed E-state index contributed by atoms with van der Waals surface area (Å²) in [6.45, 7) is 0.755. The van der Waals surface area contributed by atoms with Gasteiger partial charge in [-0.25, -0.2) is 4.67 Å². The van der Waals surface area contributed by atoms with E-state index in [9.17, 15) is 14.5 Å². The van der Waals surface area contributed by atoms with Gasteiger partial charge in [-0.15, -0.1) is 0 Å². The van der Waals surface area contributed by atoms with Crippen molar-refractivity contribution in [3.8, 4) is 5.75 Å². The molecule has 0 saturated carbocycles. The van der Waals surface area contributed by atoms with E-state index >= 15 is 0 Å². The largest absolute Gasteiger partial charge is 0.497 e. The Kier molecular flexibility index (Phi) is 5.77. The molecule has 26 heavy (non-hydrogen) atoms. The zero-order valence-electron chi connectivity index (χ0n) is 14.6. The van der Waals surface area contributed by atoms with Crippen molar-refractivity contribution in [2.75, 3.05) is 20.3 Å². The molecule has 1 N–H and O–H groups in total. The second kappa shape index (κ2) is 8.04. The normalized spacial score (nSPS) is 21.9. The lowest BCUT2D eigenvalue weighted by atomic mass is 10.1. The van der Waals surface area contributed by atoms with E-state index in [2.05, 4.69) is 0 Å². The van der Waals surface area contributed by atoms with Crippen LogP contribution in [0.1, 0.15) is 12.0 Å². The minimum absolute atomic E-state index is 0.264. The van der Waals surface area contributed by atoms with E-state index < -0.39 is 19.5 Å².